The van der Waals surface area contributed by atoms with Crippen LogP contribution in [-0.2, 0) is 4.79 Å². The van der Waals surface area contributed by atoms with Crippen molar-refractivity contribution >= 4 is 5.78 Å². The lowest BCUT2D eigenvalue weighted by Crippen LogP contribution is -2.03. The van der Waals surface area contributed by atoms with Gasteiger partial charge >= 0.3 is 0 Å². The standard InChI is InChI=1S/C10H11FO/c1-7(8(2)12)9-3-5-10(11)6-4-9/h3-7H,1-2H3. The average Bonchev–Trinajstić information content (AvgIpc) is 2.04. The maximum atomic E-state index is 12.5. The maximum Gasteiger partial charge on any atom is 0.136 e. The van der Waals surface area contributed by atoms with Gasteiger partial charge in [0.1, 0.15) is 11.6 Å². The number of Topliss-reactive ketones (excluding diaryl/α,β-unsaturated/α-hetero) is 1. The molecule has 1 aromatic carbocycles. The van der Waals surface area contributed by atoms with Crippen molar-refractivity contribution in [1.29, 1.82) is 0 Å². The Morgan fingerprint density at radius 3 is 2.25 bits per heavy atom. The van der Waals surface area contributed by atoms with E-state index in [4.69, 9.17) is 0 Å². The summed E-state index contributed by atoms with van der Waals surface area (Å²) in [6, 6.07) is 6.02. The Kier molecular flexibility index (Phi) is 2.58. The molecule has 0 bridgehead atoms. The van der Waals surface area contributed by atoms with Gasteiger partial charge in [0.15, 0.2) is 0 Å². The molecule has 1 rings (SSSR count). The van der Waals surface area contributed by atoms with Gasteiger partial charge in [0.2, 0.25) is 0 Å². The predicted molar refractivity (Wildman–Crippen MR) is 45.5 cm³/mol. The number of hydrogen-bond donors (Lipinski definition) is 0. The lowest BCUT2D eigenvalue weighted by molar-refractivity contribution is -0.118. The molecular weight excluding hydrogens is 155 g/mol. The zero-order valence-electron chi connectivity index (χ0n) is 7.17. The summed E-state index contributed by atoms with van der Waals surface area (Å²) in [7, 11) is 0. The van der Waals surface area contributed by atoms with Crippen molar-refractivity contribution in [2.45, 2.75) is 19.8 Å². The van der Waals surface area contributed by atoms with Crippen molar-refractivity contribution in [3.8, 4) is 0 Å². The molecule has 0 aliphatic heterocycles. The van der Waals surface area contributed by atoms with Crippen LogP contribution in [0.4, 0.5) is 4.39 Å². The first-order valence-corrected chi connectivity index (χ1v) is 3.87. The van der Waals surface area contributed by atoms with Crippen molar-refractivity contribution in [2.24, 2.45) is 0 Å². The van der Waals surface area contributed by atoms with Crippen molar-refractivity contribution in [3.63, 3.8) is 0 Å². The van der Waals surface area contributed by atoms with Gasteiger partial charge in [0.05, 0.1) is 0 Å². The van der Waals surface area contributed by atoms with Crippen LogP contribution in [0.5, 0.6) is 0 Å². The Morgan fingerprint density at radius 1 is 1.33 bits per heavy atom. The van der Waals surface area contributed by atoms with E-state index in [0.717, 1.165) is 5.56 Å². The highest BCUT2D eigenvalue weighted by molar-refractivity contribution is 5.82. The zero-order valence-corrected chi connectivity index (χ0v) is 7.17. The average molecular weight is 166 g/mol. The third-order valence-corrected chi connectivity index (χ3v) is 1.98. The van der Waals surface area contributed by atoms with Crippen LogP contribution in [0.1, 0.15) is 25.3 Å². The molecule has 0 fully saturated rings. The monoisotopic (exact) mass is 166 g/mol. The molecule has 1 atom stereocenters. The van der Waals surface area contributed by atoms with Gasteiger partial charge in [-0.2, -0.15) is 0 Å². The quantitative estimate of drug-likeness (QED) is 0.659. The molecule has 0 heterocycles. The van der Waals surface area contributed by atoms with Crippen LogP contribution in [0.15, 0.2) is 24.3 Å². The van der Waals surface area contributed by atoms with E-state index in [9.17, 15) is 9.18 Å². The summed E-state index contributed by atoms with van der Waals surface area (Å²) < 4.78 is 12.5. The second-order valence-corrected chi connectivity index (χ2v) is 2.88. The van der Waals surface area contributed by atoms with Crippen LogP contribution in [0.2, 0.25) is 0 Å². The number of benzene rings is 1. The summed E-state index contributed by atoms with van der Waals surface area (Å²) in [5, 5.41) is 0. The molecule has 0 saturated carbocycles. The molecule has 1 unspecified atom stereocenters. The fourth-order valence-corrected chi connectivity index (χ4v) is 0.986. The van der Waals surface area contributed by atoms with Crippen LogP contribution < -0.4 is 0 Å². The van der Waals surface area contributed by atoms with E-state index in [1.807, 2.05) is 6.92 Å². The minimum Gasteiger partial charge on any atom is -0.299 e. The summed E-state index contributed by atoms with van der Waals surface area (Å²) in [6.45, 7) is 3.35. The predicted octanol–water partition coefficient (Wildman–Crippen LogP) is 2.52. The van der Waals surface area contributed by atoms with Gasteiger partial charge in [-0.15, -0.1) is 0 Å². The number of ketones is 1. The van der Waals surface area contributed by atoms with Gasteiger partial charge in [-0.1, -0.05) is 19.1 Å². The third-order valence-electron chi connectivity index (χ3n) is 1.98. The highest BCUT2D eigenvalue weighted by atomic mass is 19.1. The number of halogens is 1. The summed E-state index contributed by atoms with van der Waals surface area (Å²) in [4.78, 5) is 10.9. The van der Waals surface area contributed by atoms with Gasteiger partial charge in [0, 0.05) is 5.92 Å². The maximum absolute atomic E-state index is 12.5. The molecule has 0 amide bonds. The topological polar surface area (TPSA) is 17.1 Å². The van der Waals surface area contributed by atoms with Gasteiger partial charge in [-0.05, 0) is 24.6 Å². The molecular formula is C10H11FO. The number of rotatable bonds is 2. The smallest absolute Gasteiger partial charge is 0.136 e. The second kappa shape index (κ2) is 3.48. The molecule has 1 aromatic rings. The Bertz CT molecular complexity index is 276. The molecule has 0 saturated heterocycles. The fraction of sp³-hybridized carbons (Fsp3) is 0.300. The molecule has 12 heavy (non-hydrogen) atoms. The fourth-order valence-electron chi connectivity index (χ4n) is 0.986. The van der Waals surface area contributed by atoms with E-state index in [2.05, 4.69) is 0 Å². The van der Waals surface area contributed by atoms with Crippen LogP contribution >= 0.6 is 0 Å². The highest BCUT2D eigenvalue weighted by Crippen LogP contribution is 2.15. The second-order valence-electron chi connectivity index (χ2n) is 2.88. The van der Waals surface area contributed by atoms with Gasteiger partial charge in [0.25, 0.3) is 0 Å². The normalized spacial score (nSPS) is 12.6. The zero-order chi connectivity index (χ0) is 9.14. The first kappa shape index (κ1) is 8.91. The Balaban J connectivity index is 2.89. The van der Waals surface area contributed by atoms with E-state index in [0.29, 0.717) is 0 Å². The van der Waals surface area contributed by atoms with E-state index < -0.39 is 0 Å². The van der Waals surface area contributed by atoms with Crippen LogP contribution in [0.3, 0.4) is 0 Å². The van der Waals surface area contributed by atoms with Gasteiger partial charge in [-0.3, -0.25) is 4.79 Å². The van der Waals surface area contributed by atoms with E-state index >= 15 is 0 Å². The van der Waals surface area contributed by atoms with E-state index in [-0.39, 0.29) is 17.5 Å². The molecule has 1 nitrogen and oxygen atoms in total. The molecule has 0 aliphatic rings. The molecule has 2 heteroatoms. The first-order chi connectivity index (χ1) is 5.61. The van der Waals surface area contributed by atoms with E-state index in [1.165, 1.54) is 19.1 Å². The largest absolute Gasteiger partial charge is 0.299 e. The third kappa shape index (κ3) is 1.91. The van der Waals surface area contributed by atoms with Gasteiger partial charge < -0.3 is 0 Å². The van der Waals surface area contributed by atoms with Crippen molar-refractivity contribution in [1.82, 2.24) is 0 Å². The molecule has 0 aromatic heterocycles. The minimum atomic E-state index is -0.269. The van der Waals surface area contributed by atoms with Gasteiger partial charge in [-0.25, -0.2) is 4.39 Å². The Labute approximate surface area is 71.2 Å². The van der Waals surface area contributed by atoms with Crippen LogP contribution in [0, 0.1) is 5.82 Å². The summed E-state index contributed by atoms with van der Waals surface area (Å²) in [6.07, 6.45) is 0. The molecule has 0 N–H and O–H groups in total. The Morgan fingerprint density at radius 2 is 1.83 bits per heavy atom. The summed E-state index contributed by atoms with van der Waals surface area (Å²) in [5.74, 6) is -0.304. The summed E-state index contributed by atoms with van der Waals surface area (Å²) >= 11 is 0. The number of carbonyl (C=O) groups is 1. The lowest BCUT2D eigenvalue weighted by Gasteiger charge is -2.06. The number of hydrogen-bond acceptors (Lipinski definition) is 1. The molecule has 0 radical (unpaired) electrons. The SMILES string of the molecule is CC(=O)C(C)c1ccc(F)cc1. The highest BCUT2D eigenvalue weighted by Gasteiger charge is 2.09. The van der Waals surface area contributed by atoms with Crippen LogP contribution in [0.25, 0.3) is 0 Å². The van der Waals surface area contributed by atoms with Crippen molar-refractivity contribution in [2.75, 3.05) is 0 Å². The van der Waals surface area contributed by atoms with Crippen LogP contribution in [-0.4, -0.2) is 5.78 Å². The summed E-state index contributed by atoms with van der Waals surface area (Å²) in [5.41, 5.74) is 0.865. The minimum absolute atomic E-state index is 0.0987. The van der Waals surface area contributed by atoms with E-state index in [1.54, 1.807) is 12.1 Å². The molecule has 64 valence electrons. The molecule has 0 aliphatic carbocycles. The van der Waals surface area contributed by atoms with Crippen molar-refractivity contribution < 1.29 is 9.18 Å². The first-order valence-electron chi connectivity index (χ1n) is 3.87. The Hall–Kier alpha value is -1.18. The van der Waals surface area contributed by atoms with Crippen molar-refractivity contribution in [3.05, 3.63) is 35.6 Å². The molecule has 0 spiro atoms. The lowest BCUT2D eigenvalue weighted by atomic mass is 9.98. The number of carbonyl (C=O) groups excluding carboxylic acids is 1.